The fraction of sp³-hybridized carbons (Fsp3) is 0.108. The van der Waals surface area contributed by atoms with Crippen molar-refractivity contribution in [2.45, 2.75) is 26.7 Å². The maximum Gasteiger partial charge on any atom is 0.411 e. The number of hydrogen-bond acceptors (Lipinski definition) is 4. The second-order valence-corrected chi connectivity index (χ2v) is 10.3. The van der Waals surface area contributed by atoms with Gasteiger partial charge in [0.25, 0.3) is 0 Å². The van der Waals surface area contributed by atoms with Gasteiger partial charge in [-0.1, -0.05) is 84.9 Å². The molecule has 0 aliphatic carbocycles. The van der Waals surface area contributed by atoms with Crippen LogP contribution in [0, 0.1) is 0 Å². The van der Waals surface area contributed by atoms with Gasteiger partial charge in [-0.15, -0.1) is 12.4 Å². The van der Waals surface area contributed by atoms with E-state index in [1.54, 1.807) is 0 Å². The predicted molar refractivity (Wildman–Crippen MR) is 181 cm³/mol. The number of benzene rings is 5. The van der Waals surface area contributed by atoms with E-state index in [0.29, 0.717) is 17.9 Å². The van der Waals surface area contributed by atoms with E-state index in [1.807, 2.05) is 115 Å². The Hall–Kier alpha value is -5.40. The first kappa shape index (κ1) is 31.0. The first-order valence-electron chi connectivity index (χ1n) is 14.5. The molecule has 0 aliphatic heterocycles. The number of ether oxygens (including phenoxy) is 2. The molecule has 0 saturated carbocycles. The predicted octanol–water partition coefficient (Wildman–Crippen LogP) is 8.89. The van der Waals surface area contributed by atoms with Crippen LogP contribution in [0.2, 0.25) is 0 Å². The molecule has 0 radical (unpaired) electrons. The molecule has 2 N–H and O–H groups in total. The monoisotopic (exact) mass is 618 g/mol. The van der Waals surface area contributed by atoms with Gasteiger partial charge >= 0.3 is 12.2 Å². The Morgan fingerprint density at radius 1 is 0.600 bits per heavy atom. The molecular weight excluding hydrogens is 586 g/mol. The molecule has 2 amide bonds. The summed E-state index contributed by atoms with van der Waals surface area (Å²) in [6.07, 6.45) is -1.04. The Labute approximate surface area is 267 Å². The quantitative estimate of drug-likeness (QED) is 0.132. The van der Waals surface area contributed by atoms with Crippen molar-refractivity contribution in [1.29, 1.82) is 0 Å². The third-order valence-electron chi connectivity index (χ3n) is 7.41. The molecule has 0 unspecified atom stereocenters. The first-order chi connectivity index (χ1) is 21.6. The fourth-order valence-corrected chi connectivity index (χ4v) is 5.37. The second kappa shape index (κ2) is 14.4. The van der Waals surface area contributed by atoms with E-state index in [1.165, 1.54) is 0 Å². The summed E-state index contributed by atoms with van der Waals surface area (Å²) < 4.78 is 13.1. The maximum atomic E-state index is 12.7. The number of nitrogens with zero attached hydrogens (tertiary/aromatic N) is 1. The summed E-state index contributed by atoms with van der Waals surface area (Å²) in [7, 11) is 0. The highest BCUT2D eigenvalue weighted by molar-refractivity contribution is 6.11. The molecule has 8 heteroatoms. The smallest absolute Gasteiger partial charge is 0.411 e. The van der Waals surface area contributed by atoms with Crippen LogP contribution in [0.25, 0.3) is 32.9 Å². The molecule has 0 aliphatic rings. The van der Waals surface area contributed by atoms with Gasteiger partial charge in [0.1, 0.15) is 19.8 Å². The van der Waals surface area contributed by atoms with Gasteiger partial charge in [0.15, 0.2) is 0 Å². The summed E-state index contributed by atoms with van der Waals surface area (Å²) in [4.78, 5) is 25.3. The Balaban J connectivity index is 0.00000400. The van der Waals surface area contributed by atoms with E-state index >= 15 is 0 Å². The number of nitrogens with one attached hydrogen (secondary N) is 2. The lowest BCUT2D eigenvalue weighted by Gasteiger charge is -2.14. The zero-order valence-electron chi connectivity index (χ0n) is 24.7. The number of anilines is 2. The summed E-state index contributed by atoms with van der Waals surface area (Å²) >= 11 is 0. The van der Waals surface area contributed by atoms with Gasteiger partial charge in [0.2, 0.25) is 11.2 Å². The molecule has 226 valence electrons. The minimum atomic E-state index is -0.520. The lowest BCUT2D eigenvalue weighted by Crippen LogP contribution is -2.36. The van der Waals surface area contributed by atoms with Crippen LogP contribution in [0.1, 0.15) is 18.1 Å². The number of carbonyl (C=O) groups is 2. The van der Waals surface area contributed by atoms with E-state index in [0.717, 1.165) is 44.1 Å². The Morgan fingerprint density at radius 2 is 1.09 bits per heavy atom. The highest BCUT2D eigenvalue weighted by atomic mass is 35.5. The van der Waals surface area contributed by atoms with Crippen LogP contribution in [0.15, 0.2) is 127 Å². The number of aryl methyl sites for hydroxylation is 1. The van der Waals surface area contributed by atoms with Crippen LogP contribution >= 0.6 is 12.4 Å². The van der Waals surface area contributed by atoms with E-state index in [2.05, 4.69) is 34.3 Å². The molecule has 0 fully saturated rings. The zero-order valence-corrected chi connectivity index (χ0v) is 25.6. The standard InChI is InChI=1S/C37H31N3O4.ClH/c1-2-40-34-23-30(39-37(42)44-25-27-14-8-4-9-15-27)19-21-32(34)31-20-18-29(22-33(31)35(40)28-16-10-5-11-17-28)38-36(41)43-24-26-12-6-3-7-13-26;/h3-23H,2,24-25H2,1H3,(H,38,41);1H/p+1. The third-order valence-corrected chi connectivity index (χ3v) is 7.41. The Kier molecular flexibility index (Phi) is 9.92. The van der Waals surface area contributed by atoms with Gasteiger partial charge in [0, 0.05) is 22.7 Å². The van der Waals surface area contributed by atoms with Crippen molar-refractivity contribution in [2.75, 3.05) is 10.6 Å². The molecule has 5 aromatic carbocycles. The number of halogens is 1. The van der Waals surface area contributed by atoms with Gasteiger partial charge in [-0.25, -0.2) is 9.59 Å². The van der Waals surface area contributed by atoms with Crippen molar-refractivity contribution in [1.82, 2.24) is 0 Å². The van der Waals surface area contributed by atoms with E-state index in [4.69, 9.17) is 9.47 Å². The van der Waals surface area contributed by atoms with Crippen molar-refractivity contribution in [3.8, 4) is 11.3 Å². The summed E-state index contributed by atoms with van der Waals surface area (Å²) in [6.45, 7) is 3.14. The minimum absolute atomic E-state index is 0. The topological polar surface area (TPSA) is 80.5 Å². The molecule has 0 bridgehead atoms. The maximum absolute atomic E-state index is 12.7. The first-order valence-corrected chi connectivity index (χ1v) is 14.5. The van der Waals surface area contributed by atoms with E-state index in [-0.39, 0.29) is 25.6 Å². The number of rotatable bonds is 8. The molecule has 6 aromatic rings. The average molecular weight is 619 g/mol. The van der Waals surface area contributed by atoms with Crippen LogP contribution in [0.4, 0.5) is 21.0 Å². The molecule has 0 spiro atoms. The largest absolute Gasteiger partial charge is 0.444 e. The molecule has 1 aromatic heterocycles. The van der Waals surface area contributed by atoms with Crippen molar-refractivity contribution in [2.24, 2.45) is 0 Å². The summed E-state index contributed by atoms with van der Waals surface area (Å²) in [6, 6.07) is 41.0. The van der Waals surface area contributed by atoms with Gasteiger partial charge < -0.3 is 9.47 Å². The van der Waals surface area contributed by atoms with Crippen molar-refractivity contribution in [3.05, 3.63) is 139 Å². The lowest BCUT2D eigenvalue weighted by molar-refractivity contribution is -0.655. The van der Waals surface area contributed by atoms with Crippen LogP contribution in [-0.4, -0.2) is 12.2 Å². The molecule has 0 saturated heterocycles. The number of amides is 2. The second-order valence-electron chi connectivity index (χ2n) is 10.3. The number of fused-ring (bicyclic) bond motifs is 3. The average Bonchev–Trinajstić information content (AvgIpc) is 3.07. The third kappa shape index (κ3) is 7.22. The minimum Gasteiger partial charge on any atom is -0.444 e. The molecule has 45 heavy (non-hydrogen) atoms. The number of hydrogen-bond donors (Lipinski definition) is 2. The summed E-state index contributed by atoms with van der Waals surface area (Å²) in [5, 5.41) is 8.79. The van der Waals surface area contributed by atoms with E-state index in [9.17, 15) is 9.59 Å². The van der Waals surface area contributed by atoms with Crippen molar-refractivity contribution in [3.63, 3.8) is 0 Å². The van der Waals surface area contributed by atoms with Gasteiger partial charge in [0.05, 0.1) is 16.5 Å². The summed E-state index contributed by atoms with van der Waals surface area (Å²) in [5.41, 5.74) is 6.10. The zero-order chi connectivity index (χ0) is 30.3. The fourth-order valence-electron chi connectivity index (χ4n) is 5.37. The normalized spacial score (nSPS) is 10.6. The van der Waals surface area contributed by atoms with E-state index < -0.39 is 12.2 Å². The molecule has 0 atom stereocenters. The molecular formula is C37H33ClN3O4+. The van der Waals surface area contributed by atoms with Crippen LogP contribution < -0.4 is 15.2 Å². The van der Waals surface area contributed by atoms with Crippen LogP contribution in [0.5, 0.6) is 0 Å². The SMILES string of the molecule is CC[n+]1c(-c2ccccc2)c2cc(NC(=O)OCc3ccccc3)ccc2c2ccc(NC(=O)OCc3ccccc3)cc21.Cl. The lowest BCUT2D eigenvalue weighted by atomic mass is 9.98. The van der Waals surface area contributed by atoms with Crippen LogP contribution in [-0.2, 0) is 29.2 Å². The summed E-state index contributed by atoms with van der Waals surface area (Å²) in [5.74, 6) is 0. The molecule has 6 rings (SSSR count). The highest BCUT2D eigenvalue weighted by Crippen LogP contribution is 2.34. The highest BCUT2D eigenvalue weighted by Gasteiger charge is 2.23. The number of pyridine rings is 1. The molecule has 1 heterocycles. The van der Waals surface area contributed by atoms with Gasteiger partial charge in [-0.3, -0.25) is 10.6 Å². The van der Waals surface area contributed by atoms with Crippen molar-refractivity contribution < 1.29 is 23.6 Å². The van der Waals surface area contributed by atoms with Crippen LogP contribution in [0.3, 0.4) is 0 Å². The van der Waals surface area contributed by atoms with Gasteiger partial charge in [-0.05, 0) is 54.4 Å². The Morgan fingerprint density at radius 3 is 1.62 bits per heavy atom. The molecule has 7 nitrogen and oxygen atoms in total. The van der Waals surface area contributed by atoms with Crippen molar-refractivity contribution >= 4 is 57.6 Å². The Bertz CT molecular complexity index is 1930. The number of aromatic nitrogens is 1. The van der Waals surface area contributed by atoms with Gasteiger partial charge in [-0.2, -0.15) is 4.57 Å². The number of carbonyl (C=O) groups excluding carboxylic acids is 2.